The molecule has 0 aromatic carbocycles. The predicted octanol–water partition coefficient (Wildman–Crippen LogP) is 1.32. The van der Waals surface area contributed by atoms with E-state index < -0.39 is 0 Å². The van der Waals surface area contributed by atoms with E-state index in [1.807, 2.05) is 0 Å². The quantitative estimate of drug-likeness (QED) is 0.643. The molecule has 12 heavy (non-hydrogen) atoms. The standard InChI is InChI=1S/C9H15NO2/c1-10(2)9(12)7-4-3-5-8(11)6-7/h6-7,11H,3-5H2,1-2H3. The Morgan fingerprint density at radius 2 is 2.33 bits per heavy atom. The summed E-state index contributed by atoms with van der Waals surface area (Å²) in [5.41, 5.74) is 0. The monoisotopic (exact) mass is 169 g/mol. The lowest BCUT2D eigenvalue weighted by Gasteiger charge is -2.20. The normalized spacial score (nSPS) is 23.2. The molecule has 0 fully saturated rings. The summed E-state index contributed by atoms with van der Waals surface area (Å²) in [4.78, 5) is 13.0. The number of hydrogen-bond donors (Lipinski definition) is 1. The predicted molar refractivity (Wildman–Crippen MR) is 46.7 cm³/mol. The number of aliphatic hydroxyl groups excluding tert-OH is 1. The highest BCUT2D eigenvalue weighted by Gasteiger charge is 2.21. The van der Waals surface area contributed by atoms with Crippen molar-refractivity contribution in [3.8, 4) is 0 Å². The Kier molecular flexibility index (Phi) is 2.74. The number of hydrogen-bond acceptors (Lipinski definition) is 2. The van der Waals surface area contributed by atoms with E-state index in [0.29, 0.717) is 5.76 Å². The molecule has 3 heteroatoms. The topological polar surface area (TPSA) is 40.5 Å². The van der Waals surface area contributed by atoms with Crippen LogP contribution in [0, 0.1) is 5.92 Å². The molecule has 3 nitrogen and oxygen atoms in total. The lowest BCUT2D eigenvalue weighted by Crippen LogP contribution is -2.29. The number of allylic oxidation sites excluding steroid dienone is 1. The summed E-state index contributed by atoms with van der Waals surface area (Å²) in [6.45, 7) is 0. The molecule has 0 saturated heterocycles. The molecule has 1 amide bonds. The molecule has 1 rings (SSSR count). The highest BCUT2D eigenvalue weighted by Crippen LogP contribution is 2.22. The molecule has 0 bridgehead atoms. The third-order valence-electron chi connectivity index (χ3n) is 2.10. The second-order valence-corrected chi connectivity index (χ2v) is 3.39. The van der Waals surface area contributed by atoms with E-state index in [2.05, 4.69) is 0 Å². The fraction of sp³-hybridized carbons (Fsp3) is 0.667. The zero-order chi connectivity index (χ0) is 9.14. The minimum atomic E-state index is -0.103. The van der Waals surface area contributed by atoms with Gasteiger partial charge < -0.3 is 10.0 Å². The maximum atomic E-state index is 11.4. The summed E-state index contributed by atoms with van der Waals surface area (Å²) in [5.74, 6) is 0.344. The second-order valence-electron chi connectivity index (χ2n) is 3.39. The van der Waals surface area contributed by atoms with Gasteiger partial charge in [0.15, 0.2) is 0 Å². The maximum absolute atomic E-state index is 11.4. The Morgan fingerprint density at radius 1 is 1.67 bits per heavy atom. The largest absolute Gasteiger partial charge is 0.513 e. The van der Waals surface area contributed by atoms with E-state index in [-0.39, 0.29) is 11.8 Å². The molecule has 0 aromatic rings. The van der Waals surface area contributed by atoms with Crippen LogP contribution in [0.3, 0.4) is 0 Å². The second kappa shape index (κ2) is 3.61. The molecular formula is C9H15NO2. The first kappa shape index (κ1) is 9.10. The van der Waals surface area contributed by atoms with Crippen LogP contribution in [-0.2, 0) is 4.79 Å². The number of rotatable bonds is 1. The van der Waals surface area contributed by atoms with Crippen molar-refractivity contribution in [2.75, 3.05) is 14.1 Å². The van der Waals surface area contributed by atoms with Crippen molar-refractivity contribution < 1.29 is 9.90 Å². The first-order valence-electron chi connectivity index (χ1n) is 4.22. The van der Waals surface area contributed by atoms with Gasteiger partial charge in [-0.05, 0) is 18.9 Å². The first-order valence-corrected chi connectivity index (χ1v) is 4.22. The van der Waals surface area contributed by atoms with Crippen LogP contribution in [0.5, 0.6) is 0 Å². The SMILES string of the molecule is CN(C)C(=O)C1C=C(O)CCC1. The van der Waals surface area contributed by atoms with E-state index in [4.69, 9.17) is 0 Å². The lowest BCUT2D eigenvalue weighted by molar-refractivity contribution is -0.131. The zero-order valence-corrected chi connectivity index (χ0v) is 7.58. The Morgan fingerprint density at radius 3 is 2.83 bits per heavy atom. The molecule has 1 unspecified atom stereocenters. The smallest absolute Gasteiger partial charge is 0.229 e. The van der Waals surface area contributed by atoms with E-state index in [0.717, 1.165) is 19.3 Å². The van der Waals surface area contributed by atoms with Gasteiger partial charge in [-0.1, -0.05) is 0 Å². The molecule has 0 radical (unpaired) electrons. The van der Waals surface area contributed by atoms with Crippen LogP contribution in [0.2, 0.25) is 0 Å². The molecule has 68 valence electrons. The summed E-state index contributed by atoms with van der Waals surface area (Å²) < 4.78 is 0. The van der Waals surface area contributed by atoms with E-state index in [1.54, 1.807) is 25.1 Å². The summed E-state index contributed by atoms with van der Waals surface area (Å²) in [7, 11) is 3.48. The number of amides is 1. The maximum Gasteiger partial charge on any atom is 0.229 e. The van der Waals surface area contributed by atoms with Crippen LogP contribution in [-0.4, -0.2) is 30.0 Å². The number of aliphatic hydroxyl groups is 1. The molecular weight excluding hydrogens is 154 g/mol. The average Bonchev–Trinajstić information content (AvgIpc) is 2.03. The van der Waals surface area contributed by atoms with Crippen molar-refractivity contribution in [3.05, 3.63) is 11.8 Å². The van der Waals surface area contributed by atoms with Gasteiger partial charge in [-0.15, -0.1) is 0 Å². The zero-order valence-electron chi connectivity index (χ0n) is 7.58. The molecule has 0 aliphatic heterocycles. The van der Waals surface area contributed by atoms with Crippen LogP contribution < -0.4 is 0 Å². The summed E-state index contributed by atoms with van der Waals surface area (Å²) >= 11 is 0. The molecule has 1 aliphatic rings. The highest BCUT2D eigenvalue weighted by molar-refractivity contribution is 5.80. The van der Waals surface area contributed by atoms with Crippen molar-refractivity contribution in [1.29, 1.82) is 0 Å². The van der Waals surface area contributed by atoms with Crippen molar-refractivity contribution >= 4 is 5.91 Å². The molecule has 1 atom stereocenters. The Bertz CT molecular complexity index is 209. The first-order chi connectivity index (χ1) is 5.61. The Labute approximate surface area is 72.7 Å². The summed E-state index contributed by atoms with van der Waals surface area (Å²) in [6.07, 6.45) is 4.16. The third-order valence-corrected chi connectivity index (χ3v) is 2.10. The van der Waals surface area contributed by atoms with Crippen LogP contribution in [0.15, 0.2) is 11.8 Å². The molecule has 0 heterocycles. The van der Waals surface area contributed by atoms with Crippen LogP contribution in [0.4, 0.5) is 0 Å². The van der Waals surface area contributed by atoms with Gasteiger partial charge in [0.1, 0.15) is 0 Å². The summed E-state index contributed by atoms with van der Waals surface area (Å²) in [6, 6.07) is 0. The van der Waals surface area contributed by atoms with Gasteiger partial charge >= 0.3 is 0 Å². The fourth-order valence-electron chi connectivity index (χ4n) is 1.43. The molecule has 0 aromatic heterocycles. The number of nitrogens with zero attached hydrogens (tertiary/aromatic N) is 1. The average molecular weight is 169 g/mol. The fourth-order valence-corrected chi connectivity index (χ4v) is 1.43. The van der Waals surface area contributed by atoms with Gasteiger partial charge in [0.05, 0.1) is 11.7 Å². The third kappa shape index (κ3) is 2.00. The Hall–Kier alpha value is -0.990. The van der Waals surface area contributed by atoms with Crippen LogP contribution >= 0.6 is 0 Å². The minimum Gasteiger partial charge on any atom is -0.513 e. The van der Waals surface area contributed by atoms with Gasteiger partial charge in [-0.3, -0.25) is 4.79 Å². The lowest BCUT2D eigenvalue weighted by atomic mass is 9.94. The van der Waals surface area contributed by atoms with Crippen molar-refractivity contribution in [2.24, 2.45) is 5.92 Å². The summed E-state index contributed by atoms with van der Waals surface area (Å²) in [5, 5.41) is 9.20. The Balaban J connectivity index is 2.63. The molecule has 1 aliphatic carbocycles. The van der Waals surface area contributed by atoms with Crippen LogP contribution in [0.25, 0.3) is 0 Å². The van der Waals surface area contributed by atoms with E-state index in [9.17, 15) is 9.90 Å². The number of carbonyl (C=O) groups is 1. The van der Waals surface area contributed by atoms with Crippen molar-refractivity contribution in [1.82, 2.24) is 4.90 Å². The van der Waals surface area contributed by atoms with E-state index >= 15 is 0 Å². The van der Waals surface area contributed by atoms with Crippen LogP contribution in [0.1, 0.15) is 19.3 Å². The molecule has 0 spiro atoms. The molecule has 1 N–H and O–H groups in total. The van der Waals surface area contributed by atoms with Gasteiger partial charge in [0, 0.05) is 20.5 Å². The van der Waals surface area contributed by atoms with Gasteiger partial charge in [0.25, 0.3) is 0 Å². The van der Waals surface area contributed by atoms with Gasteiger partial charge in [0.2, 0.25) is 5.91 Å². The van der Waals surface area contributed by atoms with Crippen molar-refractivity contribution in [3.63, 3.8) is 0 Å². The minimum absolute atomic E-state index is 0.0845. The number of carbonyl (C=O) groups excluding carboxylic acids is 1. The molecule has 0 saturated carbocycles. The van der Waals surface area contributed by atoms with E-state index in [1.165, 1.54) is 0 Å². The van der Waals surface area contributed by atoms with Crippen molar-refractivity contribution in [2.45, 2.75) is 19.3 Å². The van der Waals surface area contributed by atoms with Gasteiger partial charge in [-0.2, -0.15) is 0 Å². The van der Waals surface area contributed by atoms with Gasteiger partial charge in [-0.25, -0.2) is 0 Å². The highest BCUT2D eigenvalue weighted by atomic mass is 16.3.